The van der Waals surface area contributed by atoms with Gasteiger partial charge in [-0.25, -0.2) is 0 Å². The van der Waals surface area contributed by atoms with Crippen LogP contribution in [0.4, 0.5) is 0 Å². The van der Waals surface area contributed by atoms with Crippen LogP contribution in [0.1, 0.15) is 15.9 Å². The van der Waals surface area contributed by atoms with Crippen LogP contribution >= 0.6 is 22.9 Å². The van der Waals surface area contributed by atoms with Crippen LogP contribution in [0.2, 0.25) is 0 Å². The molecular formula is C10H8ClNOS. The van der Waals surface area contributed by atoms with E-state index in [9.17, 15) is 4.79 Å². The summed E-state index contributed by atoms with van der Waals surface area (Å²) >= 11 is 7.23. The van der Waals surface area contributed by atoms with E-state index in [1.807, 2.05) is 18.2 Å². The van der Waals surface area contributed by atoms with Crippen molar-refractivity contribution in [2.24, 2.45) is 5.73 Å². The number of primary amides is 1. The quantitative estimate of drug-likeness (QED) is 0.785. The van der Waals surface area contributed by atoms with E-state index in [0.29, 0.717) is 11.4 Å². The summed E-state index contributed by atoms with van der Waals surface area (Å²) in [6.07, 6.45) is 0. The first-order valence-electron chi connectivity index (χ1n) is 4.08. The third-order valence-electron chi connectivity index (χ3n) is 2.06. The number of benzene rings is 1. The SMILES string of the molecule is NC(=O)c1csc2ccc(CCl)cc12. The molecule has 0 saturated carbocycles. The molecule has 0 spiro atoms. The standard InChI is InChI=1S/C10H8ClNOS/c11-4-6-1-2-9-7(3-6)8(5-14-9)10(12)13/h1-3,5H,4H2,(H2,12,13). The molecule has 2 rings (SSSR count). The van der Waals surface area contributed by atoms with Gasteiger partial charge in [0.25, 0.3) is 0 Å². The van der Waals surface area contributed by atoms with Crippen molar-refractivity contribution >= 4 is 38.9 Å². The van der Waals surface area contributed by atoms with Crippen molar-refractivity contribution < 1.29 is 4.79 Å². The molecule has 1 aromatic carbocycles. The first kappa shape index (κ1) is 9.49. The normalized spacial score (nSPS) is 10.6. The van der Waals surface area contributed by atoms with E-state index in [2.05, 4.69) is 0 Å². The zero-order chi connectivity index (χ0) is 10.1. The highest BCUT2D eigenvalue weighted by atomic mass is 35.5. The van der Waals surface area contributed by atoms with Crippen LogP contribution in [0.3, 0.4) is 0 Å². The van der Waals surface area contributed by atoms with Crippen molar-refractivity contribution in [2.75, 3.05) is 0 Å². The summed E-state index contributed by atoms with van der Waals surface area (Å²) < 4.78 is 1.06. The minimum atomic E-state index is -0.386. The predicted molar refractivity (Wildman–Crippen MR) is 59.9 cm³/mol. The second kappa shape index (κ2) is 3.59. The number of fused-ring (bicyclic) bond motifs is 1. The highest BCUT2D eigenvalue weighted by Gasteiger charge is 2.08. The first-order chi connectivity index (χ1) is 6.72. The molecule has 0 aliphatic carbocycles. The van der Waals surface area contributed by atoms with Gasteiger partial charge >= 0.3 is 0 Å². The number of amides is 1. The lowest BCUT2D eigenvalue weighted by atomic mass is 10.1. The number of thiophene rings is 1. The summed E-state index contributed by atoms with van der Waals surface area (Å²) in [7, 11) is 0. The summed E-state index contributed by atoms with van der Waals surface area (Å²) in [6.45, 7) is 0. The van der Waals surface area contributed by atoms with Crippen LogP contribution in [0, 0.1) is 0 Å². The molecule has 1 amide bonds. The molecule has 0 aliphatic heterocycles. The smallest absolute Gasteiger partial charge is 0.250 e. The van der Waals surface area contributed by atoms with E-state index < -0.39 is 0 Å². The Hall–Kier alpha value is -1.06. The van der Waals surface area contributed by atoms with Crippen molar-refractivity contribution in [3.63, 3.8) is 0 Å². The molecule has 0 unspecified atom stereocenters. The molecule has 0 fully saturated rings. The first-order valence-corrected chi connectivity index (χ1v) is 5.49. The lowest BCUT2D eigenvalue weighted by molar-refractivity contribution is 0.100. The number of carbonyl (C=O) groups is 1. The van der Waals surface area contributed by atoms with Gasteiger partial charge in [-0.2, -0.15) is 0 Å². The van der Waals surface area contributed by atoms with Gasteiger partial charge in [-0.1, -0.05) is 6.07 Å². The van der Waals surface area contributed by atoms with Crippen LogP contribution in [-0.4, -0.2) is 5.91 Å². The highest BCUT2D eigenvalue weighted by molar-refractivity contribution is 7.17. The number of nitrogens with two attached hydrogens (primary N) is 1. The predicted octanol–water partition coefficient (Wildman–Crippen LogP) is 2.74. The summed E-state index contributed by atoms with van der Waals surface area (Å²) in [4.78, 5) is 11.1. The third-order valence-corrected chi connectivity index (χ3v) is 3.33. The molecule has 2 N–H and O–H groups in total. The van der Waals surface area contributed by atoms with Gasteiger partial charge in [-0.3, -0.25) is 4.79 Å². The molecule has 14 heavy (non-hydrogen) atoms. The van der Waals surface area contributed by atoms with E-state index in [4.69, 9.17) is 17.3 Å². The van der Waals surface area contributed by atoms with Crippen molar-refractivity contribution in [3.8, 4) is 0 Å². The van der Waals surface area contributed by atoms with E-state index in [0.717, 1.165) is 15.6 Å². The number of hydrogen-bond donors (Lipinski definition) is 1. The van der Waals surface area contributed by atoms with Crippen molar-refractivity contribution in [2.45, 2.75) is 5.88 Å². The largest absolute Gasteiger partial charge is 0.366 e. The average Bonchev–Trinajstić information content (AvgIpc) is 2.59. The maximum Gasteiger partial charge on any atom is 0.250 e. The van der Waals surface area contributed by atoms with E-state index in [1.54, 1.807) is 5.38 Å². The average molecular weight is 226 g/mol. The van der Waals surface area contributed by atoms with Crippen LogP contribution in [-0.2, 0) is 5.88 Å². The molecule has 1 heterocycles. The lowest BCUT2D eigenvalue weighted by Gasteiger charge is -1.96. The number of alkyl halides is 1. The Bertz CT molecular complexity index is 492. The Labute approximate surface area is 90.3 Å². The van der Waals surface area contributed by atoms with Crippen molar-refractivity contribution in [1.82, 2.24) is 0 Å². The fourth-order valence-corrected chi connectivity index (χ4v) is 2.45. The van der Waals surface area contributed by atoms with Crippen LogP contribution < -0.4 is 5.73 Å². The second-order valence-corrected chi connectivity index (χ2v) is 4.16. The Kier molecular flexibility index (Phi) is 2.44. The number of halogens is 1. The topological polar surface area (TPSA) is 43.1 Å². The summed E-state index contributed by atoms with van der Waals surface area (Å²) in [5.74, 6) is 0.0623. The number of hydrogen-bond acceptors (Lipinski definition) is 2. The van der Waals surface area contributed by atoms with Gasteiger partial charge in [-0.05, 0) is 17.7 Å². The maximum absolute atomic E-state index is 11.1. The molecule has 2 aromatic rings. The zero-order valence-electron chi connectivity index (χ0n) is 7.29. The Morgan fingerprint density at radius 1 is 1.50 bits per heavy atom. The fourth-order valence-electron chi connectivity index (χ4n) is 1.35. The minimum absolute atomic E-state index is 0.386. The van der Waals surface area contributed by atoms with Gasteiger partial charge in [-0.15, -0.1) is 22.9 Å². The molecule has 0 radical (unpaired) electrons. The third kappa shape index (κ3) is 1.49. The molecule has 1 aromatic heterocycles. The van der Waals surface area contributed by atoms with E-state index >= 15 is 0 Å². The van der Waals surface area contributed by atoms with Crippen LogP contribution in [0.25, 0.3) is 10.1 Å². The van der Waals surface area contributed by atoms with Gasteiger partial charge in [0.2, 0.25) is 5.91 Å². The Morgan fingerprint density at radius 2 is 2.29 bits per heavy atom. The monoisotopic (exact) mass is 225 g/mol. The van der Waals surface area contributed by atoms with Gasteiger partial charge in [0.05, 0.1) is 5.56 Å². The van der Waals surface area contributed by atoms with E-state index in [1.165, 1.54) is 11.3 Å². The molecular weight excluding hydrogens is 218 g/mol. The van der Waals surface area contributed by atoms with Gasteiger partial charge < -0.3 is 5.73 Å². The molecule has 2 nitrogen and oxygen atoms in total. The highest BCUT2D eigenvalue weighted by Crippen LogP contribution is 2.27. The molecule has 0 bridgehead atoms. The van der Waals surface area contributed by atoms with E-state index in [-0.39, 0.29) is 5.91 Å². The number of carbonyl (C=O) groups excluding carboxylic acids is 1. The van der Waals surface area contributed by atoms with Gasteiger partial charge in [0, 0.05) is 21.3 Å². The second-order valence-electron chi connectivity index (χ2n) is 2.98. The minimum Gasteiger partial charge on any atom is -0.366 e. The van der Waals surface area contributed by atoms with Gasteiger partial charge in [0.1, 0.15) is 0 Å². The Morgan fingerprint density at radius 3 is 2.93 bits per heavy atom. The van der Waals surface area contributed by atoms with Crippen LogP contribution in [0.15, 0.2) is 23.6 Å². The van der Waals surface area contributed by atoms with Crippen molar-refractivity contribution in [3.05, 3.63) is 34.7 Å². The number of rotatable bonds is 2. The molecule has 4 heteroatoms. The zero-order valence-corrected chi connectivity index (χ0v) is 8.86. The molecule has 0 aliphatic rings. The molecule has 72 valence electrons. The molecule has 0 saturated heterocycles. The Balaban J connectivity index is 2.69. The summed E-state index contributed by atoms with van der Waals surface area (Å²) in [5, 5.41) is 2.69. The fraction of sp³-hybridized carbons (Fsp3) is 0.100. The van der Waals surface area contributed by atoms with Crippen LogP contribution in [0.5, 0.6) is 0 Å². The lowest BCUT2D eigenvalue weighted by Crippen LogP contribution is -2.09. The van der Waals surface area contributed by atoms with Crippen molar-refractivity contribution in [1.29, 1.82) is 0 Å². The van der Waals surface area contributed by atoms with Gasteiger partial charge in [0.15, 0.2) is 0 Å². The summed E-state index contributed by atoms with van der Waals surface area (Å²) in [6, 6.07) is 5.83. The maximum atomic E-state index is 11.1. The summed E-state index contributed by atoms with van der Waals surface area (Å²) in [5.41, 5.74) is 6.83. The molecule has 0 atom stereocenters.